The fourth-order valence-corrected chi connectivity index (χ4v) is 2.23. The van der Waals surface area contributed by atoms with Crippen LogP contribution in [-0.4, -0.2) is 11.8 Å². The van der Waals surface area contributed by atoms with Crippen LogP contribution in [0.5, 0.6) is 5.75 Å². The second-order valence-electron chi connectivity index (χ2n) is 5.06. The molecule has 0 radical (unpaired) electrons. The molecule has 1 aliphatic rings. The van der Waals surface area contributed by atoms with Crippen molar-refractivity contribution >= 4 is 27.7 Å². The molecule has 1 fully saturated rings. The molecule has 0 unspecified atom stereocenters. The zero-order chi connectivity index (χ0) is 14.8. The van der Waals surface area contributed by atoms with E-state index in [1.807, 2.05) is 12.1 Å². The van der Waals surface area contributed by atoms with Gasteiger partial charge in [0.15, 0.2) is 5.78 Å². The molecular formula is C17H13BrO3. The molecule has 1 saturated carbocycles. The van der Waals surface area contributed by atoms with E-state index in [4.69, 9.17) is 4.74 Å². The quantitative estimate of drug-likeness (QED) is 0.478. The van der Waals surface area contributed by atoms with Gasteiger partial charge >= 0.3 is 5.97 Å². The Morgan fingerprint density at radius 1 is 0.905 bits per heavy atom. The second-order valence-corrected chi connectivity index (χ2v) is 5.97. The van der Waals surface area contributed by atoms with E-state index in [9.17, 15) is 9.59 Å². The van der Waals surface area contributed by atoms with Crippen molar-refractivity contribution in [1.82, 2.24) is 0 Å². The van der Waals surface area contributed by atoms with Gasteiger partial charge in [-0.25, -0.2) is 0 Å². The van der Waals surface area contributed by atoms with Gasteiger partial charge in [-0.05, 0) is 61.4 Å². The summed E-state index contributed by atoms with van der Waals surface area (Å²) >= 11 is 3.34. The molecule has 4 heteroatoms. The zero-order valence-corrected chi connectivity index (χ0v) is 12.8. The van der Waals surface area contributed by atoms with Gasteiger partial charge < -0.3 is 4.74 Å². The predicted octanol–water partition coefficient (Wildman–Crippen LogP) is 4.00. The van der Waals surface area contributed by atoms with Crippen LogP contribution in [0.25, 0.3) is 0 Å². The number of carbonyl (C=O) groups is 2. The van der Waals surface area contributed by atoms with Crippen LogP contribution >= 0.6 is 15.9 Å². The molecule has 106 valence electrons. The minimum atomic E-state index is -0.179. The van der Waals surface area contributed by atoms with E-state index in [0.29, 0.717) is 16.9 Å². The monoisotopic (exact) mass is 344 g/mol. The van der Waals surface area contributed by atoms with Gasteiger partial charge in [0, 0.05) is 15.6 Å². The number of ketones is 1. The molecule has 2 aromatic rings. The highest BCUT2D eigenvalue weighted by Crippen LogP contribution is 2.30. The number of esters is 1. The molecule has 0 N–H and O–H groups in total. The number of rotatable bonds is 4. The first kappa shape index (κ1) is 14.0. The van der Waals surface area contributed by atoms with Crippen molar-refractivity contribution in [2.75, 3.05) is 0 Å². The molecule has 0 atom stereocenters. The van der Waals surface area contributed by atoms with E-state index in [0.717, 1.165) is 17.3 Å². The van der Waals surface area contributed by atoms with Crippen LogP contribution in [0.1, 0.15) is 28.8 Å². The smallest absolute Gasteiger partial charge is 0.314 e. The first-order chi connectivity index (χ1) is 10.1. The van der Waals surface area contributed by atoms with Gasteiger partial charge in [0.05, 0.1) is 5.92 Å². The van der Waals surface area contributed by atoms with E-state index in [1.54, 1.807) is 36.4 Å². The van der Waals surface area contributed by atoms with E-state index in [2.05, 4.69) is 15.9 Å². The van der Waals surface area contributed by atoms with E-state index in [1.165, 1.54) is 0 Å². The van der Waals surface area contributed by atoms with Gasteiger partial charge in [0.25, 0.3) is 0 Å². The number of hydrogen-bond acceptors (Lipinski definition) is 3. The van der Waals surface area contributed by atoms with Gasteiger partial charge in [-0.3, -0.25) is 9.59 Å². The Bertz CT molecular complexity index is 670. The molecule has 0 amide bonds. The molecule has 3 nitrogen and oxygen atoms in total. The van der Waals surface area contributed by atoms with Crippen molar-refractivity contribution in [2.24, 2.45) is 5.92 Å². The van der Waals surface area contributed by atoms with Crippen LogP contribution < -0.4 is 4.74 Å². The Kier molecular flexibility index (Phi) is 3.88. The van der Waals surface area contributed by atoms with Gasteiger partial charge in [-0.15, -0.1) is 0 Å². The van der Waals surface area contributed by atoms with Gasteiger partial charge in [-0.2, -0.15) is 0 Å². The lowest BCUT2D eigenvalue weighted by molar-refractivity contribution is -0.135. The summed E-state index contributed by atoms with van der Waals surface area (Å²) < 4.78 is 6.17. The average Bonchev–Trinajstić information content (AvgIpc) is 3.33. The van der Waals surface area contributed by atoms with Crippen LogP contribution in [0, 0.1) is 5.92 Å². The summed E-state index contributed by atoms with van der Waals surface area (Å²) in [6, 6.07) is 13.9. The molecule has 0 aliphatic heterocycles. The average molecular weight is 345 g/mol. The Morgan fingerprint density at radius 2 is 1.43 bits per heavy atom. The molecule has 2 aromatic carbocycles. The maximum Gasteiger partial charge on any atom is 0.314 e. The van der Waals surface area contributed by atoms with Crippen LogP contribution in [-0.2, 0) is 4.79 Å². The SMILES string of the molecule is O=C(c1ccc(Br)cc1)c1ccc(OC(=O)C2CC2)cc1. The minimum Gasteiger partial charge on any atom is -0.426 e. The Balaban J connectivity index is 1.72. The molecule has 1 aliphatic carbocycles. The number of halogens is 1. The predicted molar refractivity (Wildman–Crippen MR) is 82.4 cm³/mol. The summed E-state index contributed by atoms with van der Waals surface area (Å²) in [4.78, 5) is 23.8. The molecule has 0 heterocycles. The highest BCUT2D eigenvalue weighted by atomic mass is 79.9. The number of benzene rings is 2. The summed E-state index contributed by atoms with van der Waals surface area (Å²) in [6.45, 7) is 0. The largest absolute Gasteiger partial charge is 0.426 e. The third-order valence-corrected chi connectivity index (χ3v) is 3.88. The van der Waals surface area contributed by atoms with Crippen molar-refractivity contribution < 1.29 is 14.3 Å². The topological polar surface area (TPSA) is 43.4 Å². The van der Waals surface area contributed by atoms with Gasteiger partial charge in [-0.1, -0.05) is 15.9 Å². The first-order valence-electron chi connectivity index (χ1n) is 6.75. The lowest BCUT2D eigenvalue weighted by Crippen LogP contribution is -2.10. The third-order valence-electron chi connectivity index (χ3n) is 3.35. The molecule has 0 bridgehead atoms. The number of carbonyl (C=O) groups excluding carboxylic acids is 2. The van der Waals surface area contributed by atoms with Crippen LogP contribution in [0.3, 0.4) is 0 Å². The zero-order valence-electron chi connectivity index (χ0n) is 11.2. The van der Waals surface area contributed by atoms with Gasteiger partial charge in [0.1, 0.15) is 5.75 Å². The van der Waals surface area contributed by atoms with Crippen molar-refractivity contribution in [3.63, 3.8) is 0 Å². The van der Waals surface area contributed by atoms with Crippen LogP contribution in [0.2, 0.25) is 0 Å². The number of hydrogen-bond donors (Lipinski definition) is 0. The first-order valence-corrected chi connectivity index (χ1v) is 7.55. The summed E-state index contributed by atoms with van der Waals surface area (Å²) in [5.41, 5.74) is 1.20. The summed E-state index contributed by atoms with van der Waals surface area (Å²) in [5.74, 6) is 0.317. The lowest BCUT2D eigenvalue weighted by atomic mass is 10.0. The number of ether oxygens (including phenoxy) is 1. The van der Waals surface area contributed by atoms with Gasteiger partial charge in [0.2, 0.25) is 0 Å². The summed E-state index contributed by atoms with van der Waals surface area (Å²) in [6.07, 6.45) is 1.83. The fraction of sp³-hybridized carbons (Fsp3) is 0.176. The van der Waals surface area contributed by atoms with Crippen molar-refractivity contribution in [3.05, 3.63) is 64.1 Å². The van der Waals surface area contributed by atoms with Crippen LogP contribution in [0.15, 0.2) is 53.0 Å². The molecular weight excluding hydrogens is 332 g/mol. The Morgan fingerprint density at radius 3 is 1.95 bits per heavy atom. The fourth-order valence-electron chi connectivity index (χ4n) is 1.96. The highest BCUT2D eigenvalue weighted by molar-refractivity contribution is 9.10. The maximum absolute atomic E-state index is 12.3. The Labute approximate surface area is 131 Å². The van der Waals surface area contributed by atoms with E-state index in [-0.39, 0.29) is 17.7 Å². The Hall–Kier alpha value is -1.94. The summed E-state index contributed by atoms with van der Waals surface area (Å²) in [5, 5.41) is 0. The normalized spacial score (nSPS) is 13.8. The molecule has 0 aromatic heterocycles. The van der Waals surface area contributed by atoms with Crippen molar-refractivity contribution in [3.8, 4) is 5.75 Å². The molecule has 3 rings (SSSR count). The van der Waals surface area contributed by atoms with Crippen molar-refractivity contribution in [1.29, 1.82) is 0 Å². The highest BCUT2D eigenvalue weighted by Gasteiger charge is 2.31. The standard InChI is InChI=1S/C17H13BrO3/c18-14-7-3-11(4-8-14)16(19)12-5-9-15(10-6-12)21-17(20)13-1-2-13/h3-10,13H,1-2H2. The second kappa shape index (κ2) is 5.82. The summed E-state index contributed by atoms with van der Waals surface area (Å²) in [7, 11) is 0. The van der Waals surface area contributed by atoms with Crippen LogP contribution in [0.4, 0.5) is 0 Å². The minimum absolute atomic E-state index is 0.0532. The lowest BCUT2D eigenvalue weighted by Gasteiger charge is -2.05. The van der Waals surface area contributed by atoms with E-state index >= 15 is 0 Å². The molecule has 0 spiro atoms. The molecule has 0 saturated heterocycles. The van der Waals surface area contributed by atoms with E-state index < -0.39 is 0 Å². The molecule has 21 heavy (non-hydrogen) atoms. The maximum atomic E-state index is 12.3. The van der Waals surface area contributed by atoms with Crippen molar-refractivity contribution in [2.45, 2.75) is 12.8 Å². The third kappa shape index (κ3) is 3.39.